The highest BCUT2D eigenvalue weighted by atomic mass is 16.5. The number of amides is 4. The van der Waals surface area contributed by atoms with E-state index < -0.39 is 24.1 Å². The molecular weight excluding hydrogens is 374 g/mol. The van der Waals surface area contributed by atoms with Crippen LogP contribution in [0.25, 0.3) is 0 Å². The number of nitrogens with one attached hydrogen (secondary N) is 2. The summed E-state index contributed by atoms with van der Waals surface area (Å²) >= 11 is 0. The molecule has 1 aliphatic heterocycles. The van der Waals surface area contributed by atoms with E-state index in [1.807, 2.05) is 0 Å². The number of carbonyl (C=O) groups excluding carboxylic acids is 4. The fourth-order valence-corrected chi connectivity index (χ4v) is 6.71. The SMILES string of the molecule is C[C@@]1(C2CC2)NC(=O)N(CC(=O)OCC(=O)NC23CC4CC(CC(C4)C2)C3)C1=O. The largest absolute Gasteiger partial charge is 0.454 e. The zero-order valence-electron chi connectivity index (χ0n) is 16.9. The third kappa shape index (κ3) is 3.30. The average Bonchev–Trinajstić information content (AvgIpc) is 3.45. The first-order valence-corrected chi connectivity index (χ1v) is 10.9. The maximum Gasteiger partial charge on any atom is 0.326 e. The van der Waals surface area contributed by atoms with Crippen LogP contribution in [0.3, 0.4) is 0 Å². The number of ether oxygens (including phenoxy) is 1. The molecule has 8 nitrogen and oxygen atoms in total. The minimum absolute atomic E-state index is 0.130. The molecule has 5 saturated carbocycles. The van der Waals surface area contributed by atoms with Gasteiger partial charge in [-0.25, -0.2) is 4.79 Å². The van der Waals surface area contributed by atoms with E-state index in [-0.39, 0.29) is 29.9 Å². The van der Waals surface area contributed by atoms with Gasteiger partial charge >= 0.3 is 12.0 Å². The van der Waals surface area contributed by atoms with E-state index in [2.05, 4.69) is 10.6 Å². The third-order valence-electron chi connectivity index (χ3n) is 7.79. The monoisotopic (exact) mass is 403 g/mol. The van der Waals surface area contributed by atoms with Gasteiger partial charge in [-0.1, -0.05) is 0 Å². The molecule has 4 bridgehead atoms. The molecule has 4 amide bonds. The van der Waals surface area contributed by atoms with Gasteiger partial charge in [0, 0.05) is 5.54 Å². The van der Waals surface area contributed by atoms with Crippen LogP contribution < -0.4 is 10.6 Å². The molecule has 6 fully saturated rings. The molecule has 0 radical (unpaired) electrons. The molecule has 6 aliphatic rings. The second-order valence-electron chi connectivity index (χ2n) is 10.2. The van der Waals surface area contributed by atoms with E-state index in [0.29, 0.717) is 17.8 Å². The van der Waals surface area contributed by atoms with Gasteiger partial charge in [0.15, 0.2) is 6.61 Å². The maximum absolute atomic E-state index is 12.6. The van der Waals surface area contributed by atoms with Crippen molar-refractivity contribution >= 4 is 23.8 Å². The molecule has 0 aromatic carbocycles. The molecule has 1 atom stereocenters. The summed E-state index contributed by atoms with van der Waals surface area (Å²) in [4.78, 5) is 50.2. The fraction of sp³-hybridized carbons (Fsp3) is 0.810. The Labute approximate surface area is 170 Å². The molecule has 0 unspecified atom stereocenters. The van der Waals surface area contributed by atoms with Crippen LogP contribution in [0.2, 0.25) is 0 Å². The number of rotatable bonds is 6. The summed E-state index contributed by atoms with van der Waals surface area (Å²) < 4.78 is 5.10. The van der Waals surface area contributed by atoms with Crippen molar-refractivity contribution in [3.8, 4) is 0 Å². The van der Waals surface area contributed by atoms with E-state index in [0.717, 1.165) is 37.0 Å². The van der Waals surface area contributed by atoms with Gasteiger partial charge in [0.2, 0.25) is 0 Å². The molecule has 0 aromatic rings. The molecular formula is C21H29N3O5. The zero-order valence-corrected chi connectivity index (χ0v) is 16.9. The summed E-state index contributed by atoms with van der Waals surface area (Å²) in [6.07, 6.45) is 8.74. The van der Waals surface area contributed by atoms with Crippen molar-refractivity contribution in [1.29, 1.82) is 0 Å². The number of nitrogens with zero attached hydrogens (tertiary/aromatic N) is 1. The van der Waals surface area contributed by atoms with E-state index in [1.54, 1.807) is 6.92 Å². The van der Waals surface area contributed by atoms with Gasteiger partial charge < -0.3 is 15.4 Å². The zero-order chi connectivity index (χ0) is 20.4. The lowest BCUT2D eigenvalue weighted by Crippen LogP contribution is -2.60. The van der Waals surface area contributed by atoms with Gasteiger partial charge in [-0.2, -0.15) is 0 Å². The summed E-state index contributed by atoms with van der Waals surface area (Å²) in [6.45, 7) is 0.872. The Balaban J connectivity index is 1.12. The second kappa shape index (κ2) is 6.44. The van der Waals surface area contributed by atoms with Crippen molar-refractivity contribution < 1.29 is 23.9 Å². The lowest BCUT2D eigenvalue weighted by molar-refractivity contribution is -0.152. The number of imide groups is 1. The summed E-state index contributed by atoms with van der Waals surface area (Å²) in [5.41, 5.74) is -1.05. The maximum atomic E-state index is 12.6. The molecule has 2 N–H and O–H groups in total. The first kappa shape index (κ1) is 18.9. The lowest BCUT2D eigenvalue weighted by Gasteiger charge is -2.56. The summed E-state index contributed by atoms with van der Waals surface area (Å²) in [7, 11) is 0. The molecule has 8 heteroatoms. The van der Waals surface area contributed by atoms with E-state index >= 15 is 0 Å². The summed E-state index contributed by atoms with van der Waals surface area (Å²) in [5.74, 6) is 0.847. The van der Waals surface area contributed by atoms with Crippen molar-refractivity contribution in [2.75, 3.05) is 13.2 Å². The first-order valence-electron chi connectivity index (χ1n) is 10.9. The van der Waals surface area contributed by atoms with Gasteiger partial charge in [-0.15, -0.1) is 0 Å². The number of carbonyl (C=O) groups is 4. The summed E-state index contributed by atoms with van der Waals surface area (Å²) in [6, 6.07) is -0.570. The number of urea groups is 1. The highest BCUT2D eigenvalue weighted by molar-refractivity contribution is 6.08. The van der Waals surface area contributed by atoms with Crippen LogP contribution >= 0.6 is 0 Å². The molecule has 1 heterocycles. The number of esters is 1. The Morgan fingerprint density at radius 2 is 1.69 bits per heavy atom. The van der Waals surface area contributed by atoms with Crippen LogP contribution in [0.4, 0.5) is 4.79 Å². The topological polar surface area (TPSA) is 105 Å². The fourth-order valence-electron chi connectivity index (χ4n) is 6.71. The van der Waals surface area contributed by atoms with Gasteiger partial charge in [0.25, 0.3) is 11.8 Å². The van der Waals surface area contributed by atoms with Crippen LogP contribution in [0.15, 0.2) is 0 Å². The van der Waals surface area contributed by atoms with Gasteiger partial charge in [-0.3, -0.25) is 19.3 Å². The van der Waals surface area contributed by atoms with Crippen molar-refractivity contribution in [2.24, 2.45) is 23.7 Å². The first-order chi connectivity index (χ1) is 13.8. The van der Waals surface area contributed by atoms with Crippen molar-refractivity contribution in [1.82, 2.24) is 15.5 Å². The van der Waals surface area contributed by atoms with Crippen LogP contribution in [0.1, 0.15) is 58.3 Å². The Morgan fingerprint density at radius 1 is 1.10 bits per heavy atom. The smallest absolute Gasteiger partial charge is 0.326 e. The van der Waals surface area contributed by atoms with Crippen molar-refractivity contribution in [3.63, 3.8) is 0 Å². The Bertz CT molecular complexity index is 741. The highest BCUT2D eigenvalue weighted by Gasteiger charge is 2.56. The minimum atomic E-state index is -0.923. The number of hydrogen-bond donors (Lipinski definition) is 2. The quantitative estimate of drug-likeness (QED) is 0.514. The molecule has 1 saturated heterocycles. The molecule has 0 spiro atoms. The predicted octanol–water partition coefficient (Wildman–Crippen LogP) is 1.34. The molecule has 29 heavy (non-hydrogen) atoms. The Morgan fingerprint density at radius 3 is 2.24 bits per heavy atom. The van der Waals surface area contributed by atoms with Crippen LogP contribution in [-0.4, -0.2) is 52.9 Å². The standard InChI is InChI=1S/C21H29N3O5/c1-20(15-2-3-15)18(27)24(19(28)23-20)10-17(26)29-11-16(25)22-21-7-12-4-13(8-21)6-14(5-12)9-21/h12-15H,2-11H2,1H3,(H,22,25)(H,23,28)/t12?,13?,14?,20-,21?/m0/s1. The van der Waals surface area contributed by atoms with Crippen molar-refractivity contribution in [3.05, 3.63) is 0 Å². The van der Waals surface area contributed by atoms with Gasteiger partial charge in [-0.05, 0) is 82.0 Å². The second-order valence-corrected chi connectivity index (χ2v) is 10.2. The van der Waals surface area contributed by atoms with E-state index in [4.69, 9.17) is 4.74 Å². The average molecular weight is 403 g/mol. The Hall–Kier alpha value is -2.12. The third-order valence-corrected chi connectivity index (χ3v) is 7.79. The molecule has 0 aromatic heterocycles. The van der Waals surface area contributed by atoms with Gasteiger partial charge in [0.1, 0.15) is 12.1 Å². The highest BCUT2D eigenvalue weighted by Crippen LogP contribution is 2.55. The van der Waals surface area contributed by atoms with Crippen LogP contribution in [-0.2, 0) is 19.1 Å². The minimum Gasteiger partial charge on any atom is -0.454 e. The lowest BCUT2D eigenvalue weighted by atomic mass is 9.53. The van der Waals surface area contributed by atoms with E-state index in [1.165, 1.54) is 19.3 Å². The number of hydrogen-bond acceptors (Lipinski definition) is 5. The Kier molecular flexibility index (Phi) is 4.19. The predicted molar refractivity (Wildman–Crippen MR) is 101 cm³/mol. The van der Waals surface area contributed by atoms with Crippen LogP contribution in [0.5, 0.6) is 0 Å². The van der Waals surface area contributed by atoms with E-state index in [9.17, 15) is 19.2 Å². The molecule has 158 valence electrons. The summed E-state index contributed by atoms with van der Waals surface area (Å²) in [5, 5.41) is 5.85. The van der Waals surface area contributed by atoms with Crippen LogP contribution in [0, 0.1) is 23.7 Å². The molecule has 6 rings (SSSR count). The molecule has 5 aliphatic carbocycles. The van der Waals surface area contributed by atoms with Crippen molar-refractivity contribution in [2.45, 2.75) is 69.4 Å². The van der Waals surface area contributed by atoms with Gasteiger partial charge in [0.05, 0.1) is 0 Å². The normalized spacial score (nSPS) is 40.2.